The van der Waals surface area contributed by atoms with E-state index in [-0.39, 0.29) is 0 Å². The van der Waals surface area contributed by atoms with Crippen LogP contribution in [0, 0.1) is 11.3 Å². The zero-order chi connectivity index (χ0) is 8.39. The summed E-state index contributed by atoms with van der Waals surface area (Å²) in [7, 11) is 0. The van der Waals surface area contributed by atoms with E-state index in [2.05, 4.69) is 11.1 Å². The van der Waals surface area contributed by atoms with E-state index in [0.29, 0.717) is 12.3 Å². The van der Waals surface area contributed by atoms with Gasteiger partial charge in [0.15, 0.2) is 0 Å². The van der Waals surface area contributed by atoms with Crippen molar-refractivity contribution in [2.45, 2.75) is 25.2 Å². The molecule has 1 saturated carbocycles. The van der Waals surface area contributed by atoms with Crippen molar-refractivity contribution < 1.29 is 0 Å². The second-order valence-electron chi connectivity index (χ2n) is 3.20. The average molecular weight is 158 g/mol. The monoisotopic (exact) mass is 158 g/mol. The molecule has 1 aromatic rings. The van der Waals surface area contributed by atoms with Gasteiger partial charge in [-0.15, -0.1) is 0 Å². The fraction of sp³-hybridized carbons (Fsp3) is 0.400. The Labute approximate surface area is 71.9 Å². The zero-order valence-electron chi connectivity index (χ0n) is 6.83. The summed E-state index contributed by atoms with van der Waals surface area (Å²) in [5, 5.41) is 8.43. The van der Waals surface area contributed by atoms with Crippen molar-refractivity contribution in [3.8, 4) is 6.07 Å². The molecule has 0 aliphatic heterocycles. The van der Waals surface area contributed by atoms with Crippen molar-refractivity contribution in [3.05, 3.63) is 29.6 Å². The highest BCUT2D eigenvalue weighted by Gasteiger charge is 2.24. The van der Waals surface area contributed by atoms with Crippen molar-refractivity contribution in [2.24, 2.45) is 0 Å². The summed E-state index contributed by atoms with van der Waals surface area (Å²) in [6.45, 7) is 0. The smallest absolute Gasteiger partial charge is 0.0670 e. The third-order valence-corrected chi connectivity index (χ3v) is 2.13. The minimum absolute atomic E-state index is 0.470. The summed E-state index contributed by atoms with van der Waals surface area (Å²) in [4.78, 5) is 4.31. The van der Waals surface area contributed by atoms with E-state index >= 15 is 0 Å². The molecule has 2 rings (SSSR count). The molecule has 2 heteroatoms. The first kappa shape index (κ1) is 7.30. The van der Waals surface area contributed by atoms with E-state index < -0.39 is 0 Å². The Balaban J connectivity index is 2.14. The summed E-state index contributed by atoms with van der Waals surface area (Å²) in [6, 6.07) is 6.16. The molecule has 1 fully saturated rings. The van der Waals surface area contributed by atoms with Crippen molar-refractivity contribution in [1.82, 2.24) is 4.98 Å². The average Bonchev–Trinajstić information content (AvgIpc) is 2.89. The molecule has 12 heavy (non-hydrogen) atoms. The topological polar surface area (TPSA) is 36.7 Å². The molecule has 1 aliphatic carbocycles. The van der Waals surface area contributed by atoms with Crippen LogP contribution in [0.15, 0.2) is 18.3 Å². The maximum Gasteiger partial charge on any atom is 0.0670 e. The van der Waals surface area contributed by atoms with Crippen LogP contribution < -0.4 is 0 Å². The lowest BCUT2D eigenvalue weighted by atomic mass is 10.2. The highest BCUT2D eigenvalue weighted by molar-refractivity contribution is 5.21. The molecule has 2 nitrogen and oxygen atoms in total. The lowest BCUT2D eigenvalue weighted by Gasteiger charge is -1.97. The van der Waals surface area contributed by atoms with Gasteiger partial charge in [-0.3, -0.25) is 4.98 Å². The van der Waals surface area contributed by atoms with Gasteiger partial charge >= 0.3 is 0 Å². The maximum absolute atomic E-state index is 8.43. The highest BCUT2D eigenvalue weighted by Crippen LogP contribution is 2.38. The van der Waals surface area contributed by atoms with E-state index in [1.807, 2.05) is 18.3 Å². The Hall–Kier alpha value is -1.36. The number of pyridine rings is 1. The molecular weight excluding hydrogens is 148 g/mol. The largest absolute Gasteiger partial charge is 0.261 e. The predicted octanol–water partition coefficient (Wildman–Crippen LogP) is 2.03. The van der Waals surface area contributed by atoms with Crippen molar-refractivity contribution in [3.63, 3.8) is 0 Å². The van der Waals surface area contributed by atoms with E-state index in [9.17, 15) is 0 Å². The molecule has 1 aliphatic rings. The van der Waals surface area contributed by atoms with Gasteiger partial charge < -0.3 is 0 Å². The van der Waals surface area contributed by atoms with Gasteiger partial charge in [0.1, 0.15) is 0 Å². The Kier molecular flexibility index (Phi) is 1.79. The van der Waals surface area contributed by atoms with Crippen LogP contribution in [-0.2, 0) is 6.42 Å². The molecule has 0 radical (unpaired) electrons. The van der Waals surface area contributed by atoms with Gasteiger partial charge in [-0.25, -0.2) is 0 Å². The quantitative estimate of drug-likeness (QED) is 0.660. The molecule has 0 aromatic carbocycles. The molecule has 0 unspecified atom stereocenters. The zero-order valence-corrected chi connectivity index (χ0v) is 6.83. The molecule has 60 valence electrons. The number of hydrogen-bond acceptors (Lipinski definition) is 2. The van der Waals surface area contributed by atoms with Crippen LogP contribution in [0.2, 0.25) is 0 Å². The Morgan fingerprint density at radius 2 is 2.33 bits per heavy atom. The SMILES string of the molecule is N#CCc1ccc(C2CC2)nc1. The predicted molar refractivity (Wildman–Crippen MR) is 45.5 cm³/mol. The van der Waals surface area contributed by atoms with Crippen LogP contribution in [0.25, 0.3) is 0 Å². The van der Waals surface area contributed by atoms with Gasteiger partial charge in [0.05, 0.1) is 12.5 Å². The van der Waals surface area contributed by atoms with Gasteiger partial charge in [-0.2, -0.15) is 5.26 Å². The second-order valence-corrected chi connectivity index (χ2v) is 3.20. The molecule has 0 amide bonds. The van der Waals surface area contributed by atoms with Crippen molar-refractivity contribution in [2.75, 3.05) is 0 Å². The first-order valence-corrected chi connectivity index (χ1v) is 4.22. The molecule has 0 N–H and O–H groups in total. The number of hydrogen-bond donors (Lipinski definition) is 0. The minimum Gasteiger partial charge on any atom is -0.261 e. The summed E-state index contributed by atoms with van der Waals surface area (Å²) in [5.74, 6) is 0.709. The summed E-state index contributed by atoms with van der Waals surface area (Å²) >= 11 is 0. The van der Waals surface area contributed by atoms with E-state index in [1.54, 1.807) is 0 Å². The number of rotatable bonds is 2. The molecule has 0 atom stereocenters. The number of aromatic nitrogens is 1. The van der Waals surface area contributed by atoms with Crippen LogP contribution in [0.1, 0.15) is 30.0 Å². The lowest BCUT2D eigenvalue weighted by Crippen LogP contribution is -1.88. The van der Waals surface area contributed by atoms with Gasteiger partial charge in [-0.1, -0.05) is 6.07 Å². The molecule has 1 aromatic heterocycles. The molecular formula is C10H10N2. The first-order valence-electron chi connectivity index (χ1n) is 4.22. The van der Waals surface area contributed by atoms with Gasteiger partial charge in [0.25, 0.3) is 0 Å². The van der Waals surface area contributed by atoms with Crippen molar-refractivity contribution >= 4 is 0 Å². The summed E-state index contributed by atoms with van der Waals surface area (Å²) < 4.78 is 0. The van der Waals surface area contributed by atoms with Crippen LogP contribution in [0.3, 0.4) is 0 Å². The Bertz CT molecular complexity index is 304. The van der Waals surface area contributed by atoms with Crippen LogP contribution in [0.5, 0.6) is 0 Å². The Morgan fingerprint density at radius 1 is 1.50 bits per heavy atom. The first-order chi connectivity index (χ1) is 5.90. The summed E-state index contributed by atoms with van der Waals surface area (Å²) in [5.41, 5.74) is 2.21. The molecule has 0 spiro atoms. The van der Waals surface area contributed by atoms with Gasteiger partial charge in [-0.05, 0) is 24.5 Å². The van der Waals surface area contributed by atoms with E-state index in [0.717, 1.165) is 5.56 Å². The summed E-state index contributed by atoms with van der Waals surface area (Å²) in [6.07, 6.45) is 4.85. The van der Waals surface area contributed by atoms with Gasteiger partial charge in [0.2, 0.25) is 0 Å². The van der Waals surface area contributed by atoms with Crippen LogP contribution in [-0.4, -0.2) is 4.98 Å². The minimum atomic E-state index is 0.470. The molecule has 1 heterocycles. The number of nitriles is 1. The second kappa shape index (κ2) is 2.94. The van der Waals surface area contributed by atoms with E-state index in [4.69, 9.17) is 5.26 Å². The lowest BCUT2D eigenvalue weighted by molar-refractivity contribution is 1.01. The highest BCUT2D eigenvalue weighted by atomic mass is 14.7. The standard InChI is InChI=1S/C10H10N2/c11-6-5-8-1-4-10(12-7-8)9-2-3-9/h1,4,7,9H,2-3,5H2. The van der Waals surface area contributed by atoms with Crippen molar-refractivity contribution in [1.29, 1.82) is 5.26 Å². The van der Waals surface area contributed by atoms with E-state index in [1.165, 1.54) is 18.5 Å². The molecule has 0 bridgehead atoms. The maximum atomic E-state index is 8.43. The normalized spacial score (nSPS) is 15.6. The third kappa shape index (κ3) is 1.45. The van der Waals surface area contributed by atoms with Gasteiger partial charge in [0, 0.05) is 17.8 Å². The Morgan fingerprint density at radius 3 is 2.83 bits per heavy atom. The fourth-order valence-corrected chi connectivity index (χ4v) is 1.25. The third-order valence-electron chi connectivity index (χ3n) is 2.13. The number of nitrogens with zero attached hydrogens (tertiary/aromatic N) is 2. The molecule has 0 saturated heterocycles. The van der Waals surface area contributed by atoms with Crippen LogP contribution in [0.4, 0.5) is 0 Å². The fourth-order valence-electron chi connectivity index (χ4n) is 1.25. The van der Waals surface area contributed by atoms with Crippen LogP contribution >= 0.6 is 0 Å².